The molecule has 105 valence electrons. The largest absolute Gasteiger partial charge is 0.464 e. The Hall–Kier alpha value is -2.55. The highest BCUT2D eigenvalue weighted by Gasteiger charge is 2.10. The number of hydrogen-bond acceptors (Lipinski definition) is 2. The average molecular weight is 278 g/mol. The first-order valence-electron chi connectivity index (χ1n) is 6.97. The Labute approximate surface area is 123 Å². The van der Waals surface area contributed by atoms with Crippen molar-refractivity contribution in [2.24, 2.45) is 0 Å². The molecule has 3 nitrogen and oxygen atoms in total. The second kappa shape index (κ2) is 6.27. The van der Waals surface area contributed by atoms with Crippen molar-refractivity contribution in [3.8, 4) is 0 Å². The molecule has 1 amide bonds. The lowest BCUT2D eigenvalue weighted by molar-refractivity contribution is 0.0955. The molecule has 1 N–H and O–H groups in total. The molecule has 0 atom stereocenters. The minimum atomic E-state index is -0.0662. The number of furan rings is 1. The highest BCUT2D eigenvalue weighted by molar-refractivity contribution is 6.05. The molecule has 3 aromatic rings. The maximum Gasteiger partial charge on any atom is 0.252 e. The van der Waals surface area contributed by atoms with Crippen LogP contribution in [0.2, 0.25) is 0 Å². The molecular weight excluding hydrogens is 262 g/mol. The van der Waals surface area contributed by atoms with Gasteiger partial charge in [0, 0.05) is 11.9 Å². The second-order valence-electron chi connectivity index (χ2n) is 4.80. The molecular formula is C18H16NO2. The van der Waals surface area contributed by atoms with E-state index in [2.05, 4.69) is 11.7 Å². The first-order valence-corrected chi connectivity index (χ1v) is 6.97. The summed E-state index contributed by atoms with van der Waals surface area (Å²) >= 11 is 0. The fraction of sp³-hybridized carbons (Fsp3) is 0.111. The average Bonchev–Trinajstić information content (AvgIpc) is 3.01. The van der Waals surface area contributed by atoms with Crippen molar-refractivity contribution in [1.82, 2.24) is 5.32 Å². The van der Waals surface area contributed by atoms with Crippen LogP contribution in [0.15, 0.2) is 65.3 Å². The van der Waals surface area contributed by atoms with Crippen LogP contribution in [0.1, 0.15) is 22.3 Å². The first kappa shape index (κ1) is 13.4. The quantitative estimate of drug-likeness (QED) is 0.721. The van der Waals surface area contributed by atoms with E-state index in [9.17, 15) is 4.79 Å². The lowest BCUT2D eigenvalue weighted by Gasteiger charge is -2.06. The summed E-state index contributed by atoms with van der Waals surface area (Å²) in [6, 6.07) is 17.4. The summed E-state index contributed by atoms with van der Waals surface area (Å²) in [7, 11) is 0. The van der Waals surface area contributed by atoms with Gasteiger partial charge in [0.15, 0.2) is 0 Å². The van der Waals surface area contributed by atoms with E-state index in [0.717, 1.165) is 17.4 Å². The molecule has 3 rings (SSSR count). The van der Waals surface area contributed by atoms with Gasteiger partial charge in [-0.2, -0.15) is 0 Å². The maximum atomic E-state index is 12.2. The minimum Gasteiger partial charge on any atom is -0.464 e. The van der Waals surface area contributed by atoms with E-state index in [0.29, 0.717) is 12.1 Å². The number of rotatable bonds is 5. The van der Waals surface area contributed by atoms with E-state index >= 15 is 0 Å². The Morgan fingerprint density at radius 3 is 2.76 bits per heavy atom. The van der Waals surface area contributed by atoms with E-state index in [4.69, 9.17) is 4.42 Å². The van der Waals surface area contributed by atoms with Crippen LogP contribution in [0.5, 0.6) is 0 Å². The van der Waals surface area contributed by atoms with Crippen molar-refractivity contribution in [3.63, 3.8) is 0 Å². The molecule has 0 unspecified atom stereocenters. The van der Waals surface area contributed by atoms with Gasteiger partial charge >= 0.3 is 0 Å². The van der Waals surface area contributed by atoms with Gasteiger partial charge in [-0.1, -0.05) is 36.4 Å². The van der Waals surface area contributed by atoms with E-state index < -0.39 is 0 Å². The van der Waals surface area contributed by atoms with Crippen LogP contribution in [0.3, 0.4) is 0 Å². The molecule has 1 radical (unpaired) electrons. The number of fused-ring (bicyclic) bond motifs is 1. The molecule has 0 aliphatic rings. The molecule has 0 saturated carbocycles. The number of carbonyl (C=O) groups is 1. The topological polar surface area (TPSA) is 42.2 Å². The van der Waals surface area contributed by atoms with Crippen molar-refractivity contribution < 1.29 is 9.21 Å². The summed E-state index contributed by atoms with van der Waals surface area (Å²) in [5.74, 6) is -0.0662. The summed E-state index contributed by atoms with van der Waals surface area (Å²) in [6.45, 7) is 0.613. The Morgan fingerprint density at radius 1 is 1.05 bits per heavy atom. The Kier molecular flexibility index (Phi) is 4.01. The maximum absolute atomic E-state index is 12.2. The Bertz CT molecular complexity index is 731. The zero-order chi connectivity index (χ0) is 14.5. The second-order valence-corrected chi connectivity index (χ2v) is 4.80. The Balaban J connectivity index is 1.56. The van der Waals surface area contributed by atoms with Crippen molar-refractivity contribution in [2.45, 2.75) is 6.42 Å². The molecule has 0 saturated heterocycles. The molecule has 0 fully saturated rings. The number of benzene rings is 2. The van der Waals surface area contributed by atoms with Gasteiger partial charge in [-0.05, 0) is 36.6 Å². The van der Waals surface area contributed by atoms with Gasteiger partial charge in [0.05, 0.1) is 11.8 Å². The molecule has 3 heteroatoms. The minimum absolute atomic E-state index is 0.0662. The molecule has 1 aromatic heterocycles. The highest BCUT2D eigenvalue weighted by Crippen LogP contribution is 2.19. The fourth-order valence-corrected chi connectivity index (χ4v) is 2.30. The third-order valence-corrected chi connectivity index (χ3v) is 3.35. The monoisotopic (exact) mass is 278 g/mol. The van der Waals surface area contributed by atoms with E-state index in [1.807, 2.05) is 54.6 Å². The zero-order valence-corrected chi connectivity index (χ0v) is 11.6. The third kappa shape index (κ3) is 3.14. The lowest BCUT2D eigenvalue weighted by atomic mass is 10.1. The summed E-state index contributed by atoms with van der Waals surface area (Å²) < 4.78 is 5.31. The van der Waals surface area contributed by atoms with Crippen LogP contribution in [-0.2, 0) is 0 Å². The summed E-state index contributed by atoms with van der Waals surface area (Å²) in [6.07, 6.45) is 4.51. The zero-order valence-electron chi connectivity index (χ0n) is 11.6. The third-order valence-electron chi connectivity index (χ3n) is 3.35. The molecule has 0 aliphatic carbocycles. The van der Waals surface area contributed by atoms with Crippen LogP contribution < -0.4 is 5.32 Å². The molecule has 0 aliphatic heterocycles. The number of hydrogen-bond donors (Lipinski definition) is 1. The Morgan fingerprint density at radius 2 is 1.90 bits per heavy atom. The van der Waals surface area contributed by atoms with E-state index in [-0.39, 0.29) is 5.91 Å². The SMILES string of the molecule is O=C(NCC[CH]c1ccccc1)c1cccc2occc12. The molecule has 0 bridgehead atoms. The highest BCUT2D eigenvalue weighted by atomic mass is 16.3. The van der Waals surface area contributed by atoms with Crippen LogP contribution in [0.4, 0.5) is 0 Å². The van der Waals surface area contributed by atoms with Gasteiger partial charge in [0.2, 0.25) is 0 Å². The predicted octanol–water partition coefficient (Wildman–Crippen LogP) is 3.81. The number of carbonyl (C=O) groups excluding carboxylic acids is 1. The normalized spacial score (nSPS) is 10.7. The van der Waals surface area contributed by atoms with Crippen LogP contribution in [0.25, 0.3) is 11.0 Å². The van der Waals surface area contributed by atoms with Crippen LogP contribution in [0, 0.1) is 6.42 Å². The van der Waals surface area contributed by atoms with Gasteiger partial charge in [-0.25, -0.2) is 0 Å². The van der Waals surface area contributed by atoms with Gasteiger partial charge in [0.25, 0.3) is 5.91 Å². The molecule has 1 heterocycles. The number of amides is 1. The first-order chi connectivity index (χ1) is 10.3. The smallest absolute Gasteiger partial charge is 0.252 e. The van der Waals surface area contributed by atoms with E-state index in [1.54, 1.807) is 6.26 Å². The van der Waals surface area contributed by atoms with Crippen molar-refractivity contribution in [3.05, 3.63) is 78.4 Å². The predicted molar refractivity (Wildman–Crippen MR) is 83.0 cm³/mol. The summed E-state index contributed by atoms with van der Waals surface area (Å²) in [5.41, 5.74) is 2.56. The van der Waals surface area contributed by atoms with Crippen LogP contribution >= 0.6 is 0 Å². The fourth-order valence-electron chi connectivity index (χ4n) is 2.30. The van der Waals surface area contributed by atoms with Gasteiger partial charge in [-0.3, -0.25) is 4.79 Å². The van der Waals surface area contributed by atoms with Crippen molar-refractivity contribution >= 4 is 16.9 Å². The van der Waals surface area contributed by atoms with Crippen molar-refractivity contribution in [2.75, 3.05) is 6.54 Å². The number of nitrogens with one attached hydrogen (secondary N) is 1. The van der Waals surface area contributed by atoms with Gasteiger partial charge < -0.3 is 9.73 Å². The standard InChI is InChI=1S/C18H16NO2/c20-18(16-9-4-10-17-15(16)11-13-21-17)19-12-5-8-14-6-2-1-3-7-14/h1-4,6-11,13H,5,12H2,(H,19,20). The van der Waals surface area contributed by atoms with Gasteiger partial charge in [0.1, 0.15) is 5.58 Å². The molecule has 21 heavy (non-hydrogen) atoms. The van der Waals surface area contributed by atoms with Crippen molar-refractivity contribution in [1.29, 1.82) is 0 Å². The van der Waals surface area contributed by atoms with Crippen LogP contribution in [-0.4, -0.2) is 12.5 Å². The van der Waals surface area contributed by atoms with E-state index in [1.165, 1.54) is 5.56 Å². The van der Waals surface area contributed by atoms with Gasteiger partial charge in [-0.15, -0.1) is 0 Å². The molecule has 2 aromatic carbocycles. The summed E-state index contributed by atoms with van der Waals surface area (Å²) in [5, 5.41) is 3.79. The lowest BCUT2D eigenvalue weighted by Crippen LogP contribution is -2.24. The summed E-state index contributed by atoms with van der Waals surface area (Å²) in [4.78, 5) is 12.2. The molecule has 0 spiro atoms.